The Hall–Kier alpha value is -2.87. The smallest absolute Gasteiger partial charge is 0.274 e. The number of hydrogen-bond acceptors (Lipinski definition) is 5. The maximum Gasteiger partial charge on any atom is 0.274 e. The molecule has 8 heteroatoms. The van der Waals surface area contributed by atoms with Gasteiger partial charge in [0.05, 0.1) is 29.9 Å². The van der Waals surface area contributed by atoms with Crippen LogP contribution in [-0.2, 0) is 0 Å². The van der Waals surface area contributed by atoms with Gasteiger partial charge >= 0.3 is 0 Å². The third kappa shape index (κ3) is 3.35. The highest BCUT2D eigenvalue weighted by atomic mass is 16.5. The van der Waals surface area contributed by atoms with Gasteiger partial charge in [-0.05, 0) is 26.0 Å². The van der Waals surface area contributed by atoms with Gasteiger partial charge in [-0.3, -0.25) is 14.0 Å². The fourth-order valence-electron chi connectivity index (χ4n) is 4.28. The van der Waals surface area contributed by atoms with E-state index in [0.717, 1.165) is 37.3 Å². The highest BCUT2D eigenvalue weighted by Gasteiger charge is 2.25. The lowest BCUT2D eigenvalue weighted by atomic mass is 10.0. The Balaban J connectivity index is 1.89. The van der Waals surface area contributed by atoms with E-state index in [9.17, 15) is 9.59 Å². The van der Waals surface area contributed by atoms with Crippen molar-refractivity contribution in [2.75, 3.05) is 40.3 Å². The van der Waals surface area contributed by atoms with Gasteiger partial charge in [0.15, 0.2) is 0 Å². The Morgan fingerprint density at radius 2 is 1.87 bits per heavy atom. The third-order valence-corrected chi connectivity index (χ3v) is 6.20. The van der Waals surface area contributed by atoms with E-state index in [1.165, 1.54) is 0 Å². The molecule has 160 valence electrons. The molecular weight excluding hydrogens is 382 g/mol. The second kappa shape index (κ2) is 8.10. The van der Waals surface area contributed by atoms with E-state index >= 15 is 0 Å². The lowest BCUT2D eigenvalue weighted by Gasteiger charge is -2.32. The molecule has 3 heterocycles. The van der Waals surface area contributed by atoms with E-state index in [1.807, 2.05) is 15.4 Å². The molecule has 1 fully saturated rings. The number of benzene rings is 1. The number of fused-ring (bicyclic) bond motifs is 3. The van der Waals surface area contributed by atoms with E-state index in [1.54, 1.807) is 19.4 Å². The molecule has 1 saturated heterocycles. The maximum absolute atomic E-state index is 13.2. The van der Waals surface area contributed by atoms with Crippen LogP contribution >= 0.6 is 0 Å². The molecule has 0 unspecified atom stereocenters. The second-order valence-corrected chi connectivity index (χ2v) is 7.97. The lowest BCUT2D eigenvalue weighted by Crippen LogP contribution is -2.47. The summed E-state index contributed by atoms with van der Waals surface area (Å²) in [7, 11) is 3.62. The molecule has 1 aliphatic heterocycles. The standard InChI is InChI=1S/C22H29N5O3/c1-5-14(6-2)20-23-13-18-21(28)24-16-11-15(19(30-4)12-17(16)27(18)20)22(29)26-9-7-25(3)8-10-26/h11-14H,5-10H2,1-4H3,(H,24,28). The molecule has 0 saturated carbocycles. The van der Waals surface area contributed by atoms with Crippen molar-refractivity contribution in [3.63, 3.8) is 0 Å². The van der Waals surface area contributed by atoms with E-state index in [4.69, 9.17) is 4.74 Å². The number of rotatable bonds is 5. The van der Waals surface area contributed by atoms with Gasteiger partial charge in [0, 0.05) is 38.2 Å². The van der Waals surface area contributed by atoms with Crippen molar-refractivity contribution < 1.29 is 9.53 Å². The summed E-state index contributed by atoms with van der Waals surface area (Å²) in [5.41, 5.74) is 2.15. The summed E-state index contributed by atoms with van der Waals surface area (Å²) in [5.74, 6) is 1.54. The number of carbonyl (C=O) groups is 1. The lowest BCUT2D eigenvalue weighted by molar-refractivity contribution is 0.0661. The van der Waals surface area contributed by atoms with Crippen LogP contribution in [0.1, 0.15) is 48.8 Å². The first-order chi connectivity index (χ1) is 14.5. The molecule has 1 aliphatic rings. The minimum absolute atomic E-state index is 0.0753. The van der Waals surface area contributed by atoms with E-state index in [2.05, 4.69) is 35.8 Å². The predicted octanol–water partition coefficient (Wildman–Crippen LogP) is 2.48. The molecule has 1 amide bonds. The van der Waals surface area contributed by atoms with Crippen molar-refractivity contribution in [1.82, 2.24) is 24.2 Å². The summed E-state index contributed by atoms with van der Waals surface area (Å²) in [5, 5.41) is 0. The van der Waals surface area contributed by atoms with Gasteiger partial charge in [-0.2, -0.15) is 0 Å². The highest BCUT2D eigenvalue weighted by molar-refractivity contribution is 6.00. The number of aromatic amines is 1. The van der Waals surface area contributed by atoms with Gasteiger partial charge in [0.1, 0.15) is 17.1 Å². The van der Waals surface area contributed by atoms with Crippen LogP contribution in [0.25, 0.3) is 16.6 Å². The number of carbonyl (C=O) groups excluding carboxylic acids is 1. The summed E-state index contributed by atoms with van der Waals surface area (Å²) in [6.45, 7) is 7.27. The number of imidazole rings is 1. The largest absolute Gasteiger partial charge is 0.496 e. The monoisotopic (exact) mass is 411 g/mol. The molecule has 0 spiro atoms. The molecule has 30 heavy (non-hydrogen) atoms. The second-order valence-electron chi connectivity index (χ2n) is 7.97. The number of ether oxygens (including phenoxy) is 1. The van der Waals surface area contributed by atoms with E-state index in [-0.39, 0.29) is 17.4 Å². The topological polar surface area (TPSA) is 82.9 Å². The molecule has 0 radical (unpaired) electrons. The van der Waals surface area contributed by atoms with Crippen LogP contribution in [0.2, 0.25) is 0 Å². The van der Waals surface area contributed by atoms with Crippen LogP contribution in [0, 0.1) is 0 Å². The van der Waals surface area contributed by atoms with E-state index in [0.29, 0.717) is 35.4 Å². The Morgan fingerprint density at radius 1 is 1.17 bits per heavy atom. The van der Waals surface area contributed by atoms with Crippen LogP contribution in [0.3, 0.4) is 0 Å². The summed E-state index contributed by atoms with van der Waals surface area (Å²) in [6.07, 6.45) is 3.49. The van der Waals surface area contributed by atoms with Gasteiger partial charge in [0.25, 0.3) is 11.5 Å². The fourth-order valence-corrected chi connectivity index (χ4v) is 4.28. The number of nitrogens with one attached hydrogen (secondary N) is 1. The Bertz CT molecular complexity index is 1140. The highest BCUT2D eigenvalue weighted by Crippen LogP contribution is 2.29. The molecule has 3 aromatic rings. The van der Waals surface area contributed by atoms with E-state index < -0.39 is 0 Å². The van der Waals surface area contributed by atoms with Crippen LogP contribution in [0.4, 0.5) is 0 Å². The number of methoxy groups -OCH3 is 1. The van der Waals surface area contributed by atoms with Gasteiger partial charge in [-0.15, -0.1) is 0 Å². The van der Waals surface area contributed by atoms with Gasteiger partial charge < -0.3 is 19.5 Å². The number of hydrogen-bond donors (Lipinski definition) is 1. The number of H-pyrrole nitrogens is 1. The number of nitrogens with zero attached hydrogens (tertiary/aromatic N) is 4. The zero-order valence-electron chi connectivity index (χ0n) is 18.1. The average Bonchev–Trinajstić information content (AvgIpc) is 3.20. The molecule has 0 aliphatic carbocycles. The average molecular weight is 412 g/mol. The molecule has 1 N–H and O–H groups in total. The first-order valence-corrected chi connectivity index (χ1v) is 10.6. The number of aromatic nitrogens is 3. The molecule has 2 aromatic heterocycles. The Labute approximate surface area is 175 Å². The minimum Gasteiger partial charge on any atom is -0.496 e. The van der Waals surface area contributed by atoms with Crippen LogP contribution < -0.4 is 10.3 Å². The van der Waals surface area contributed by atoms with Gasteiger partial charge in [-0.1, -0.05) is 13.8 Å². The van der Waals surface area contributed by atoms with Crippen molar-refractivity contribution >= 4 is 22.5 Å². The fraction of sp³-hybridized carbons (Fsp3) is 0.500. The van der Waals surface area contributed by atoms with Gasteiger partial charge in [-0.25, -0.2) is 4.98 Å². The molecule has 0 atom stereocenters. The summed E-state index contributed by atoms with van der Waals surface area (Å²) < 4.78 is 7.53. The van der Waals surface area contributed by atoms with Gasteiger partial charge in [0.2, 0.25) is 0 Å². The first kappa shape index (κ1) is 20.4. The number of amides is 1. The third-order valence-electron chi connectivity index (χ3n) is 6.20. The Morgan fingerprint density at radius 3 is 2.50 bits per heavy atom. The molecular formula is C22H29N5O3. The quantitative estimate of drug-likeness (QED) is 0.697. The van der Waals surface area contributed by atoms with Crippen molar-refractivity contribution in [2.45, 2.75) is 32.6 Å². The van der Waals surface area contributed by atoms with Crippen LogP contribution in [0.5, 0.6) is 5.75 Å². The van der Waals surface area contributed by atoms with Crippen molar-refractivity contribution in [2.24, 2.45) is 0 Å². The molecule has 1 aromatic carbocycles. The SMILES string of the molecule is CCC(CC)c1ncc2c(=O)[nH]c3cc(C(=O)N4CCN(C)CC4)c(OC)cc3n12. The summed E-state index contributed by atoms with van der Waals surface area (Å²) in [6, 6.07) is 3.58. The first-order valence-electron chi connectivity index (χ1n) is 10.6. The minimum atomic E-state index is -0.213. The van der Waals surface area contributed by atoms with Crippen molar-refractivity contribution in [3.8, 4) is 5.75 Å². The summed E-state index contributed by atoms with van der Waals surface area (Å²) in [4.78, 5) is 37.5. The molecule has 8 nitrogen and oxygen atoms in total. The Kier molecular flexibility index (Phi) is 5.51. The normalized spacial score (nSPS) is 15.4. The number of likely N-dealkylation sites (N-methyl/N-ethyl adjacent to an activating group) is 1. The van der Waals surface area contributed by atoms with Crippen LogP contribution in [-0.4, -0.2) is 70.4 Å². The zero-order valence-corrected chi connectivity index (χ0v) is 18.1. The van der Waals surface area contributed by atoms with Crippen molar-refractivity contribution in [3.05, 3.63) is 40.1 Å². The molecule has 4 rings (SSSR count). The molecule has 0 bridgehead atoms. The predicted molar refractivity (Wildman–Crippen MR) is 117 cm³/mol. The van der Waals surface area contributed by atoms with Crippen molar-refractivity contribution in [1.29, 1.82) is 0 Å². The maximum atomic E-state index is 13.2. The summed E-state index contributed by atoms with van der Waals surface area (Å²) >= 11 is 0. The zero-order chi connectivity index (χ0) is 21.4. The number of piperazine rings is 1. The van der Waals surface area contributed by atoms with Crippen LogP contribution in [0.15, 0.2) is 23.1 Å².